The molecule has 7 heteroatoms. The molecule has 1 heterocycles. The summed E-state index contributed by atoms with van der Waals surface area (Å²) in [6.45, 7) is 0.364. The zero-order valence-electron chi connectivity index (χ0n) is 9.98. The Balaban J connectivity index is 2.28. The Kier molecular flexibility index (Phi) is 3.50. The van der Waals surface area contributed by atoms with Gasteiger partial charge >= 0.3 is 5.97 Å². The maximum Gasteiger partial charge on any atom is 0.337 e. The molecule has 0 saturated carbocycles. The number of anilines is 1. The van der Waals surface area contributed by atoms with Crippen molar-refractivity contribution in [2.45, 2.75) is 12.0 Å². The predicted molar refractivity (Wildman–Crippen MR) is 64.3 cm³/mol. The number of benzene rings is 1. The Labute approximate surface area is 108 Å². The maximum atomic E-state index is 13.6. The summed E-state index contributed by atoms with van der Waals surface area (Å²) in [7, 11) is 0. The first kappa shape index (κ1) is 13.4. The zero-order valence-corrected chi connectivity index (χ0v) is 9.98. The van der Waals surface area contributed by atoms with Gasteiger partial charge in [0.05, 0.1) is 17.9 Å². The largest absolute Gasteiger partial charge is 0.478 e. The Hall–Kier alpha value is -1.99. The number of halogens is 1. The first-order chi connectivity index (χ1) is 8.94. The van der Waals surface area contributed by atoms with Crippen LogP contribution in [0.4, 0.5) is 10.1 Å². The van der Waals surface area contributed by atoms with Gasteiger partial charge in [0, 0.05) is 6.61 Å². The molecule has 6 nitrogen and oxygen atoms in total. The molecule has 1 amide bonds. The summed E-state index contributed by atoms with van der Waals surface area (Å²) in [5.41, 5.74) is 3.87. The first-order valence-corrected chi connectivity index (χ1v) is 5.64. The highest BCUT2D eigenvalue weighted by Gasteiger charge is 2.39. The van der Waals surface area contributed by atoms with Crippen LogP contribution in [-0.4, -0.2) is 35.7 Å². The van der Waals surface area contributed by atoms with Gasteiger partial charge in [-0.05, 0) is 18.6 Å². The number of nitrogens with two attached hydrogens (primary N) is 1. The second-order valence-electron chi connectivity index (χ2n) is 4.38. The lowest BCUT2D eigenvalue weighted by Gasteiger charge is -2.21. The van der Waals surface area contributed by atoms with E-state index in [-0.39, 0.29) is 17.9 Å². The van der Waals surface area contributed by atoms with Gasteiger partial charge in [-0.1, -0.05) is 6.07 Å². The van der Waals surface area contributed by atoms with Gasteiger partial charge in [0.2, 0.25) is 5.91 Å². The summed E-state index contributed by atoms with van der Waals surface area (Å²) >= 11 is 0. The van der Waals surface area contributed by atoms with E-state index in [4.69, 9.17) is 15.6 Å². The minimum Gasteiger partial charge on any atom is -0.478 e. The molecule has 0 aliphatic carbocycles. The summed E-state index contributed by atoms with van der Waals surface area (Å²) in [5.74, 6) is -2.81. The smallest absolute Gasteiger partial charge is 0.337 e. The van der Waals surface area contributed by atoms with E-state index < -0.39 is 23.2 Å². The Morgan fingerprint density at radius 3 is 2.79 bits per heavy atom. The fourth-order valence-electron chi connectivity index (χ4n) is 1.83. The topological polar surface area (TPSA) is 102 Å². The summed E-state index contributed by atoms with van der Waals surface area (Å²) < 4.78 is 18.7. The third-order valence-electron chi connectivity index (χ3n) is 2.99. The van der Waals surface area contributed by atoms with Gasteiger partial charge in [-0.3, -0.25) is 4.79 Å². The molecule has 2 rings (SSSR count). The van der Waals surface area contributed by atoms with E-state index >= 15 is 0 Å². The van der Waals surface area contributed by atoms with Crippen LogP contribution in [0.25, 0.3) is 0 Å². The second-order valence-corrected chi connectivity index (χ2v) is 4.38. The van der Waals surface area contributed by atoms with Crippen LogP contribution in [0.5, 0.6) is 0 Å². The summed E-state index contributed by atoms with van der Waals surface area (Å²) in [5, 5.41) is 11.2. The molecule has 1 atom stereocenters. The molecule has 1 aromatic rings. The van der Waals surface area contributed by atoms with Gasteiger partial charge in [0.1, 0.15) is 11.4 Å². The average Bonchev–Trinajstić information content (AvgIpc) is 2.79. The molecule has 1 unspecified atom stereocenters. The molecule has 1 aromatic carbocycles. The van der Waals surface area contributed by atoms with E-state index in [1.54, 1.807) is 0 Å². The highest BCUT2D eigenvalue weighted by molar-refractivity contribution is 6.04. The van der Waals surface area contributed by atoms with Gasteiger partial charge in [-0.25, -0.2) is 9.18 Å². The lowest BCUT2D eigenvalue weighted by atomic mass is 9.99. The van der Waals surface area contributed by atoms with Crippen LogP contribution in [0, 0.1) is 5.82 Å². The molecular formula is C12H13FN2O4. The minimum atomic E-state index is -1.33. The number of hydrogen-bond acceptors (Lipinski definition) is 4. The van der Waals surface area contributed by atoms with Crippen molar-refractivity contribution in [2.24, 2.45) is 5.73 Å². The Bertz CT molecular complexity index is 526. The summed E-state index contributed by atoms with van der Waals surface area (Å²) in [6, 6.07) is 3.52. The van der Waals surface area contributed by atoms with Crippen LogP contribution in [0.1, 0.15) is 16.8 Å². The number of carboxylic acids is 1. The molecule has 1 saturated heterocycles. The normalized spacial score (nSPS) is 22.2. The molecular weight excluding hydrogens is 255 g/mol. The average molecular weight is 268 g/mol. The number of ether oxygens (including phenoxy) is 1. The number of para-hydroxylation sites is 1. The van der Waals surface area contributed by atoms with Crippen LogP contribution < -0.4 is 11.1 Å². The lowest BCUT2D eigenvalue weighted by Crippen LogP contribution is -2.51. The van der Waals surface area contributed by atoms with Gasteiger partial charge in [0.15, 0.2) is 0 Å². The van der Waals surface area contributed by atoms with E-state index in [2.05, 4.69) is 5.32 Å². The third-order valence-corrected chi connectivity index (χ3v) is 2.99. The molecule has 0 aromatic heterocycles. The number of nitrogens with one attached hydrogen (secondary N) is 1. The highest BCUT2D eigenvalue weighted by Crippen LogP contribution is 2.23. The SMILES string of the molecule is NC1(C(=O)Nc2c(F)cccc2C(=O)O)CCOC1. The lowest BCUT2D eigenvalue weighted by molar-refractivity contribution is -0.121. The standard InChI is InChI=1S/C12H13FN2O4/c13-8-3-1-2-7(10(16)17)9(8)15-11(18)12(14)4-5-19-6-12/h1-3H,4-6,14H2,(H,15,18)(H,16,17). The van der Waals surface area contributed by atoms with E-state index in [1.165, 1.54) is 12.1 Å². The van der Waals surface area contributed by atoms with Crippen LogP contribution in [-0.2, 0) is 9.53 Å². The number of aromatic carboxylic acids is 1. The summed E-state index contributed by atoms with van der Waals surface area (Å²) in [6.07, 6.45) is 0.301. The third kappa shape index (κ3) is 2.56. The van der Waals surface area contributed by atoms with E-state index in [0.717, 1.165) is 6.07 Å². The number of rotatable bonds is 3. The predicted octanol–water partition coefficient (Wildman–Crippen LogP) is 0.580. The van der Waals surface area contributed by atoms with Crippen molar-refractivity contribution in [3.63, 3.8) is 0 Å². The fraction of sp³-hybridized carbons (Fsp3) is 0.333. The zero-order chi connectivity index (χ0) is 14.0. The summed E-state index contributed by atoms with van der Waals surface area (Å²) in [4.78, 5) is 23.0. The molecule has 0 radical (unpaired) electrons. The molecule has 19 heavy (non-hydrogen) atoms. The van der Waals surface area contributed by atoms with Crippen LogP contribution >= 0.6 is 0 Å². The number of carbonyl (C=O) groups is 2. The van der Waals surface area contributed by atoms with Crippen molar-refractivity contribution in [2.75, 3.05) is 18.5 Å². The van der Waals surface area contributed by atoms with Crippen molar-refractivity contribution < 1.29 is 23.8 Å². The van der Waals surface area contributed by atoms with E-state index in [0.29, 0.717) is 13.0 Å². The fourth-order valence-corrected chi connectivity index (χ4v) is 1.83. The number of hydrogen-bond donors (Lipinski definition) is 3. The van der Waals surface area contributed by atoms with Gasteiger partial charge in [-0.2, -0.15) is 0 Å². The second kappa shape index (κ2) is 4.94. The first-order valence-electron chi connectivity index (χ1n) is 5.64. The van der Waals surface area contributed by atoms with Gasteiger partial charge < -0.3 is 20.9 Å². The van der Waals surface area contributed by atoms with Crippen molar-refractivity contribution >= 4 is 17.6 Å². The van der Waals surface area contributed by atoms with Crippen LogP contribution in [0.15, 0.2) is 18.2 Å². The Morgan fingerprint density at radius 2 is 2.21 bits per heavy atom. The number of carbonyl (C=O) groups excluding carboxylic acids is 1. The Morgan fingerprint density at radius 1 is 1.47 bits per heavy atom. The molecule has 1 aliphatic rings. The number of carboxylic acid groups (broad SMARTS) is 1. The molecule has 0 bridgehead atoms. The maximum absolute atomic E-state index is 13.6. The van der Waals surface area contributed by atoms with Gasteiger partial charge in [-0.15, -0.1) is 0 Å². The monoisotopic (exact) mass is 268 g/mol. The van der Waals surface area contributed by atoms with Crippen molar-refractivity contribution in [3.05, 3.63) is 29.6 Å². The van der Waals surface area contributed by atoms with Gasteiger partial charge in [0.25, 0.3) is 0 Å². The highest BCUT2D eigenvalue weighted by atomic mass is 19.1. The quantitative estimate of drug-likeness (QED) is 0.744. The van der Waals surface area contributed by atoms with Crippen molar-refractivity contribution in [1.82, 2.24) is 0 Å². The van der Waals surface area contributed by atoms with E-state index in [1.807, 2.05) is 0 Å². The molecule has 1 fully saturated rings. The van der Waals surface area contributed by atoms with E-state index in [9.17, 15) is 14.0 Å². The van der Waals surface area contributed by atoms with Crippen LogP contribution in [0.3, 0.4) is 0 Å². The molecule has 4 N–H and O–H groups in total. The molecule has 102 valence electrons. The number of amides is 1. The molecule has 0 spiro atoms. The van der Waals surface area contributed by atoms with Crippen molar-refractivity contribution in [1.29, 1.82) is 0 Å². The molecule has 1 aliphatic heterocycles. The van der Waals surface area contributed by atoms with Crippen LogP contribution in [0.2, 0.25) is 0 Å². The van der Waals surface area contributed by atoms with Crippen molar-refractivity contribution in [3.8, 4) is 0 Å². The minimum absolute atomic E-state index is 0.0235.